The van der Waals surface area contributed by atoms with Crippen LogP contribution in [0.4, 0.5) is 11.5 Å². The first-order chi connectivity index (χ1) is 13.9. The van der Waals surface area contributed by atoms with Gasteiger partial charge in [-0.3, -0.25) is 0 Å². The van der Waals surface area contributed by atoms with Crippen LogP contribution in [0.5, 0.6) is 5.75 Å². The van der Waals surface area contributed by atoms with Crippen molar-refractivity contribution in [2.75, 3.05) is 49.8 Å². The zero-order valence-electron chi connectivity index (χ0n) is 15.8. The average Bonchev–Trinajstić information content (AvgIpc) is 3.18. The van der Waals surface area contributed by atoms with Crippen LogP contribution >= 0.6 is 0 Å². The molecule has 3 aliphatic heterocycles. The fourth-order valence-corrected chi connectivity index (χ4v) is 3.90. The van der Waals surface area contributed by atoms with Gasteiger partial charge >= 0.3 is 0 Å². The molecule has 8 heteroatoms. The van der Waals surface area contributed by atoms with Crippen molar-refractivity contribution in [2.24, 2.45) is 0 Å². The average molecular weight is 383 g/mol. The van der Waals surface area contributed by atoms with E-state index >= 15 is 0 Å². The molecule has 8 nitrogen and oxygen atoms in total. The molecule has 0 aliphatic carbocycles. The Hall–Kier alpha value is -2.42. The Kier molecular flexibility index (Phi) is 4.99. The number of rotatable bonds is 4. The van der Waals surface area contributed by atoms with Crippen molar-refractivity contribution in [3.05, 3.63) is 41.9 Å². The number of ether oxygens (including phenoxy) is 3. The van der Waals surface area contributed by atoms with Gasteiger partial charge in [0.05, 0.1) is 43.9 Å². The minimum atomic E-state index is -0.0453. The molecule has 0 saturated carbocycles. The number of aromatic nitrogens is 2. The van der Waals surface area contributed by atoms with Gasteiger partial charge in [0.2, 0.25) is 0 Å². The first-order valence-electron chi connectivity index (χ1n) is 9.91. The molecule has 3 aliphatic rings. The Morgan fingerprint density at radius 1 is 1.00 bits per heavy atom. The summed E-state index contributed by atoms with van der Waals surface area (Å²) in [6, 6.07) is 8.20. The van der Waals surface area contributed by atoms with Gasteiger partial charge in [-0.2, -0.15) is 0 Å². The predicted octanol–water partition coefficient (Wildman–Crippen LogP) is 1.89. The predicted molar refractivity (Wildman–Crippen MR) is 105 cm³/mol. The van der Waals surface area contributed by atoms with E-state index in [1.54, 1.807) is 6.33 Å². The number of morpholine rings is 1. The molecule has 1 aromatic heterocycles. The molecule has 2 fully saturated rings. The van der Waals surface area contributed by atoms with Crippen molar-refractivity contribution in [3.63, 3.8) is 0 Å². The van der Waals surface area contributed by atoms with Gasteiger partial charge in [-0.25, -0.2) is 15.4 Å². The molecule has 5 rings (SSSR count). The van der Waals surface area contributed by atoms with Crippen LogP contribution in [0, 0.1) is 0 Å². The number of hydrogen-bond donors (Lipinski definition) is 2. The van der Waals surface area contributed by atoms with Crippen molar-refractivity contribution in [1.82, 2.24) is 15.4 Å². The summed E-state index contributed by atoms with van der Waals surface area (Å²) in [4.78, 5) is 11.2. The van der Waals surface area contributed by atoms with Crippen LogP contribution in [-0.2, 0) is 9.47 Å². The zero-order chi connectivity index (χ0) is 18.8. The first-order valence-corrected chi connectivity index (χ1v) is 9.91. The van der Waals surface area contributed by atoms with Crippen LogP contribution in [-0.4, -0.2) is 55.6 Å². The van der Waals surface area contributed by atoms with Gasteiger partial charge in [-0.05, 0) is 18.2 Å². The molecule has 0 amide bonds. The van der Waals surface area contributed by atoms with E-state index in [9.17, 15) is 0 Å². The highest BCUT2D eigenvalue weighted by molar-refractivity contribution is 5.61. The molecule has 0 radical (unpaired) electrons. The lowest BCUT2D eigenvalue weighted by Crippen LogP contribution is -2.37. The van der Waals surface area contributed by atoms with E-state index in [1.807, 2.05) is 6.07 Å². The van der Waals surface area contributed by atoms with Gasteiger partial charge in [0, 0.05) is 37.6 Å². The lowest BCUT2D eigenvalue weighted by molar-refractivity contribution is 0.0255. The molecule has 0 bridgehead atoms. The minimum Gasteiger partial charge on any atom is -0.490 e. The third kappa shape index (κ3) is 3.63. The SMILES string of the molecule is c1nc([C@@H]2NNc3ccc(OC4CCOCC4)cc32)cc(N2CCOCC2)n1. The molecule has 0 spiro atoms. The lowest BCUT2D eigenvalue weighted by atomic mass is 10.0. The molecule has 2 N–H and O–H groups in total. The minimum absolute atomic E-state index is 0.0453. The molecule has 28 heavy (non-hydrogen) atoms. The third-order valence-corrected chi connectivity index (χ3v) is 5.46. The maximum absolute atomic E-state index is 6.19. The molecule has 2 aromatic rings. The first kappa shape index (κ1) is 17.7. The zero-order valence-corrected chi connectivity index (χ0v) is 15.8. The van der Waals surface area contributed by atoms with Gasteiger partial charge in [-0.15, -0.1) is 0 Å². The van der Waals surface area contributed by atoms with Crippen LogP contribution in [0.2, 0.25) is 0 Å². The Bertz CT molecular complexity index is 821. The number of anilines is 2. The van der Waals surface area contributed by atoms with E-state index in [0.29, 0.717) is 0 Å². The lowest BCUT2D eigenvalue weighted by Gasteiger charge is -2.28. The van der Waals surface area contributed by atoms with Crippen molar-refractivity contribution >= 4 is 11.5 Å². The van der Waals surface area contributed by atoms with E-state index in [-0.39, 0.29) is 12.1 Å². The Labute approximate surface area is 164 Å². The van der Waals surface area contributed by atoms with Crippen molar-refractivity contribution in [3.8, 4) is 5.75 Å². The largest absolute Gasteiger partial charge is 0.490 e. The van der Waals surface area contributed by atoms with E-state index in [1.165, 1.54) is 0 Å². The van der Waals surface area contributed by atoms with Gasteiger partial charge in [0.1, 0.15) is 24.0 Å². The highest BCUT2D eigenvalue weighted by atomic mass is 16.5. The second kappa shape index (κ2) is 7.90. The molecule has 2 saturated heterocycles. The van der Waals surface area contributed by atoms with E-state index in [0.717, 1.165) is 80.9 Å². The highest BCUT2D eigenvalue weighted by Crippen LogP contribution is 2.36. The summed E-state index contributed by atoms with van der Waals surface area (Å²) in [5.41, 5.74) is 9.72. The number of hydrazine groups is 1. The molecular weight excluding hydrogens is 358 g/mol. The highest BCUT2D eigenvalue weighted by Gasteiger charge is 2.27. The maximum atomic E-state index is 6.19. The topological polar surface area (TPSA) is 80.8 Å². The summed E-state index contributed by atoms with van der Waals surface area (Å²) in [6.45, 7) is 4.72. The summed E-state index contributed by atoms with van der Waals surface area (Å²) < 4.78 is 17.1. The fourth-order valence-electron chi connectivity index (χ4n) is 3.90. The Morgan fingerprint density at radius 3 is 2.68 bits per heavy atom. The van der Waals surface area contributed by atoms with Crippen LogP contribution in [0.1, 0.15) is 30.1 Å². The van der Waals surface area contributed by atoms with Gasteiger partial charge in [0.25, 0.3) is 0 Å². The Morgan fingerprint density at radius 2 is 1.82 bits per heavy atom. The number of hydrogen-bond acceptors (Lipinski definition) is 8. The summed E-state index contributed by atoms with van der Waals surface area (Å²) in [5.74, 6) is 1.83. The number of nitrogens with one attached hydrogen (secondary N) is 2. The quantitative estimate of drug-likeness (QED) is 0.829. The summed E-state index contributed by atoms with van der Waals surface area (Å²) >= 11 is 0. The summed E-state index contributed by atoms with van der Waals surface area (Å²) in [7, 11) is 0. The standard InChI is InChI=1S/C20H25N5O3/c1-2-17-16(11-15(1)28-14-3-7-26-8-4-14)20(24-23-17)18-12-19(22-13-21-18)25-5-9-27-10-6-25/h1-2,11-14,20,23-24H,3-10H2/t20-/m1/s1. The van der Waals surface area contributed by atoms with Gasteiger partial charge in [0.15, 0.2) is 0 Å². The molecular formula is C20H25N5O3. The Balaban J connectivity index is 1.37. The molecule has 1 atom stereocenters. The van der Waals surface area contributed by atoms with E-state index in [4.69, 9.17) is 14.2 Å². The molecule has 0 unspecified atom stereocenters. The van der Waals surface area contributed by atoms with Crippen molar-refractivity contribution in [1.29, 1.82) is 0 Å². The number of fused-ring (bicyclic) bond motifs is 1. The van der Waals surface area contributed by atoms with Crippen molar-refractivity contribution < 1.29 is 14.2 Å². The number of nitrogens with zero attached hydrogens (tertiary/aromatic N) is 3. The van der Waals surface area contributed by atoms with Gasteiger partial charge in [-0.1, -0.05) is 0 Å². The normalized spacial score (nSPS) is 22.6. The van der Waals surface area contributed by atoms with Crippen molar-refractivity contribution in [2.45, 2.75) is 25.0 Å². The van der Waals surface area contributed by atoms with Crippen LogP contribution < -0.4 is 20.5 Å². The number of benzene rings is 1. The van der Waals surface area contributed by atoms with Crippen LogP contribution in [0.15, 0.2) is 30.6 Å². The molecule has 1 aromatic carbocycles. The second-order valence-electron chi connectivity index (χ2n) is 7.28. The molecule has 4 heterocycles. The maximum Gasteiger partial charge on any atom is 0.132 e. The van der Waals surface area contributed by atoms with Crippen LogP contribution in [0.3, 0.4) is 0 Å². The van der Waals surface area contributed by atoms with Gasteiger partial charge < -0.3 is 24.5 Å². The van der Waals surface area contributed by atoms with E-state index < -0.39 is 0 Å². The monoisotopic (exact) mass is 383 g/mol. The van der Waals surface area contributed by atoms with E-state index in [2.05, 4.69) is 43.9 Å². The summed E-state index contributed by atoms with van der Waals surface area (Å²) in [6.07, 6.45) is 3.74. The molecule has 148 valence electrons. The third-order valence-electron chi connectivity index (χ3n) is 5.46. The smallest absolute Gasteiger partial charge is 0.132 e. The summed E-state index contributed by atoms with van der Waals surface area (Å²) in [5, 5.41) is 0. The van der Waals surface area contributed by atoms with Crippen LogP contribution in [0.25, 0.3) is 0 Å². The fraction of sp³-hybridized carbons (Fsp3) is 0.500. The second-order valence-corrected chi connectivity index (χ2v) is 7.28.